The van der Waals surface area contributed by atoms with Crippen LogP contribution >= 0.6 is 22.6 Å². The maximum absolute atomic E-state index is 9.00. The van der Waals surface area contributed by atoms with Crippen LogP contribution in [0.3, 0.4) is 0 Å². The first kappa shape index (κ1) is 10.6. The van der Waals surface area contributed by atoms with E-state index in [0.717, 1.165) is 9.13 Å². The molecule has 0 aromatic heterocycles. The molecule has 0 amide bonds. The van der Waals surface area contributed by atoms with Crippen LogP contribution in [0.1, 0.15) is 5.56 Å². The van der Waals surface area contributed by atoms with Crippen LogP contribution in [0.2, 0.25) is 0 Å². The lowest BCUT2D eigenvalue weighted by molar-refractivity contribution is 0.279. The van der Waals surface area contributed by atoms with Crippen molar-refractivity contribution in [2.75, 3.05) is 14.2 Å². The molecule has 1 aromatic rings. The minimum absolute atomic E-state index is 0.0125. The summed E-state index contributed by atoms with van der Waals surface area (Å²) in [6, 6.07) is 3.61. The van der Waals surface area contributed by atoms with Gasteiger partial charge in [-0.15, -0.1) is 0 Å². The van der Waals surface area contributed by atoms with Crippen LogP contribution in [0.15, 0.2) is 12.1 Å². The van der Waals surface area contributed by atoms with E-state index in [9.17, 15) is 0 Å². The summed E-state index contributed by atoms with van der Waals surface area (Å²) in [6.07, 6.45) is 0. The molecule has 13 heavy (non-hydrogen) atoms. The van der Waals surface area contributed by atoms with Crippen LogP contribution in [0.4, 0.5) is 0 Å². The lowest BCUT2D eigenvalue weighted by atomic mass is 10.2. The van der Waals surface area contributed by atoms with Gasteiger partial charge >= 0.3 is 0 Å². The number of halogens is 1. The fraction of sp³-hybridized carbons (Fsp3) is 0.333. The lowest BCUT2D eigenvalue weighted by Crippen LogP contribution is -1.97. The Kier molecular flexibility index (Phi) is 3.80. The molecule has 0 aliphatic heterocycles. The number of aliphatic hydroxyl groups is 1. The van der Waals surface area contributed by atoms with Gasteiger partial charge in [-0.2, -0.15) is 0 Å². The number of aliphatic hydroxyl groups excluding tert-OH is 1. The molecule has 0 aliphatic rings. The van der Waals surface area contributed by atoms with Crippen molar-refractivity contribution in [3.63, 3.8) is 0 Å². The van der Waals surface area contributed by atoms with E-state index in [1.54, 1.807) is 20.3 Å². The van der Waals surface area contributed by atoms with E-state index in [-0.39, 0.29) is 6.61 Å². The van der Waals surface area contributed by atoms with Gasteiger partial charge < -0.3 is 14.6 Å². The molecule has 4 heteroatoms. The van der Waals surface area contributed by atoms with E-state index in [2.05, 4.69) is 22.6 Å². The summed E-state index contributed by atoms with van der Waals surface area (Å²) in [4.78, 5) is 0. The van der Waals surface area contributed by atoms with Crippen molar-refractivity contribution >= 4 is 22.6 Å². The van der Waals surface area contributed by atoms with Crippen LogP contribution in [0.25, 0.3) is 0 Å². The molecule has 0 spiro atoms. The molecule has 72 valence electrons. The predicted molar refractivity (Wildman–Crippen MR) is 58.2 cm³/mol. The molecule has 0 heterocycles. The fourth-order valence-electron chi connectivity index (χ4n) is 1.05. The van der Waals surface area contributed by atoms with Gasteiger partial charge in [-0.3, -0.25) is 0 Å². The summed E-state index contributed by atoms with van der Waals surface area (Å²) < 4.78 is 11.2. The third kappa shape index (κ3) is 2.05. The Labute approximate surface area is 90.8 Å². The van der Waals surface area contributed by atoms with E-state index in [0.29, 0.717) is 11.5 Å². The van der Waals surface area contributed by atoms with Gasteiger partial charge in [0.15, 0.2) is 11.5 Å². The number of methoxy groups -OCH3 is 2. The zero-order chi connectivity index (χ0) is 9.84. The molecule has 0 bridgehead atoms. The lowest BCUT2D eigenvalue weighted by Gasteiger charge is -2.11. The Morgan fingerprint density at radius 3 is 2.46 bits per heavy atom. The van der Waals surface area contributed by atoms with E-state index in [1.165, 1.54) is 0 Å². The molecule has 0 aliphatic carbocycles. The van der Waals surface area contributed by atoms with Crippen LogP contribution in [-0.4, -0.2) is 19.3 Å². The van der Waals surface area contributed by atoms with Crippen molar-refractivity contribution in [2.45, 2.75) is 6.61 Å². The molecule has 0 unspecified atom stereocenters. The molecule has 0 saturated heterocycles. The minimum atomic E-state index is 0.0125. The first-order valence-corrected chi connectivity index (χ1v) is 4.82. The standard InChI is InChI=1S/C9H11IO3/c1-12-7-4-3-6(5-11)8(10)9(7)13-2/h3-4,11H,5H2,1-2H3. The minimum Gasteiger partial charge on any atom is -0.493 e. The summed E-state index contributed by atoms with van der Waals surface area (Å²) in [7, 11) is 3.17. The highest BCUT2D eigenvalue weighted by Crippen LogP contribution is 2.34. The Bertz CT molecular complexity index is 299. The largest absolute Gasteiger partial charge is 0.493 e. The molecule has 0 fully saturated rings. The topological polar surface area (TPSA) is 38.7 Å². The van der Waals surface area contributed by atoms with Crippen molar-refractivity contribution < 1.29 is 14.6 Å². The SMILES string of the molecule is COc1ccc(CO)c(I)c1OC. The molecule has 0 radical (unpaired) electrons. The van der Waals surface area contributed by atoms with Gasteiger partial charge in [0, 0.05) is 0 Å². The molecular formula is C9H11IO3. The molecule has 0 saturated carbocycles. The highest BCUT2D eigenvalue weighted by molar-refractivity contribution is 14.1. The predicted octanol–water partition coefficient (Wildman–Crippen LogP) is 1.80. The Balaban J connectivity index is 3.23. The van der Waals surface area contributed by atoms with Crippen molar-refractivity contribution in [3.05, 3.63) is 21.3 Å². The number of rotatable bonds is 3. The van der Waals surface area contributed by atoms with E-state index >= 15 is 0 Å². The fourth-order valence-corrected chi connectivity index (χ4v) is 1.89. The summed E-state index contributed by atoms with van der Waals surface area (Å²) in [6.45, 7) is 0.0125. The maximum atomic E-state index is 9.00. The van der Waals surface area contributed by atoms with Crippen molar-refractivity contribution in [1.82, 2.24) is 0 Å². The van der Waals surface area contributed by atoms with Crippen LogP contribution in [-0.2, 0) is 6.61 Å². The summed E-state index contributed by atoms with van der Waals surface area (Å²) in [5.74, 6) is 1.36. The normalized spacial score (nSPS) is 9.85. The molecular weight excluding hydrogens is 283 g/mol. The Morgan fingerprint density at radius 2 is 2.00 bits per heavy atom. The van der Waals surface area contributed by atoms with E-state index < -0.39 is 0 Å². The third-order valence-corrected chi connectivity index (χ3v) is 2.92. The average molecular weight is 294 g/mol. The van der Waals surface area contributed by atoms with Gasteiger partial charge in [0.05, 0.1) is 24.4 Å². The number of ether oxygens (including phenoxy) is 2. The van der Waals surface area contributed by atoms with Crippen LogP contribution in [0, 0.1) is 3.57 Å². The summed E-state index contributed by atoms with van der Waals surface area (Å²) in [5.41, 5.74) is 0.846. The zero-order valence-electron chi connectivity index (χ0n) is 7.50. The highest BCUT2D eigenvalue weighted by atomic mass is 127. The summed E-state index contributed by atoms with van der Waals surface area (Å²) in [5, 5.41) is 9.00. The second-order valence-corrected chi connectivity index (χ2v) is 3.51. The molecule has 1 rings (SSSR count). The molecule has 1 N–H and O–H groups in total. The van der Waals surface area contributed by atoms with Crippen molar-refractivity contribution in [2.24, 2.45) is 0 Å². The van der Waals surface area contributed by atoms with E-state index in [4.69, 9.17) is 14.6 Å². The maximum Gasteiger partial charge on any atom is 0.174 e. The number of hydrogen-bond donors (Lipinski definition) is 1. The Hall–Kier alpha value is -0.490. The molecule has 3 nitrogen and oxygen atoms in total. The first-order valence-electron chi connectivity index (χ1n) is 3.74. The Morgan fingerprint density at radius 1 is 1.31 bits per heavy atom. The first-order chi connectivity index (χ1) is 6.24. The van der Waals surface area contributed by atoms with Crippen molar-refractivity contribution in [1.29, 1.82) is 0 Å². The van der Waals surface area contributed by atoms with Gasteiger partial charge in [-0.25, -0.2) is 0 Å². The molecule has 0 atom stereocenters. The van der Waals surface area contributed by atoms with Gasteiger partial charge in [0.25, 0.3) is 0 Å². The van der Waals surface area contributed by atoms with Gasteiger partial charge in [-0.1, -0.05) is 6.07 Å². The van der Waals surface area contributed by atoms with Gasteiger partial charge in [0.2, 0.25) is 0 Å². The zero-order valence-corrected chi connectivity index (χ0v) is 9.66. The second-order valence-electron chi connectivity index (χ2n) is 2.43. The third-order valence-electron chi connectivity index (χ3n) is 1.74. The summed E-state index contributed by atoms with van der Waals surface area (Å²) >= 11 is 2.12. The van der Waals surface area contributed by atoms with Gasteiger partial charge in [0.1, 0.15) is 0 Å². The smallest absolute Gasteiger partial charge is 0.174 e. The van der Waals surface area contributed by atoms with Crippen LogP contribution < -0.4 is 9.47 Å². The average Bonchev–Trinajstić information content (AvgIpc) is 2.17. The van der Waals surface area contributed by atoms with Crippen LogP contribution in [0.5, 0.6) is 11.5 Å². The van der Waals surface area contributed by atoms with Crippen molar-refractivity contribution in [3.8, 4) is 11.5 Å². The monoisotopic (exact) mass is 294 g/mol. The second kappa shape index (κ2) is 4.66. The number of benzene rings is 1. The number of hydrogen-bond acceptors (Lipinski definition) is 3. The van der Waals surface area contributed by atoms with Gasteiger partial charge in [-0.05, 0) is 34.2 Å². The quantitative estimate of drug-likeness (QED) is 0.864. The molecule has 1 aromatic carbocycles. The van der Waals surface area contributed by atoms with E-state index in [1.807, 2.05) is 6.07 Å². The highest BCUT2D eigenvalue weighted by Gasteiger charge is 2.11.